The van der Waals surface area contributed by atoms with E-state index in [1.54, 1.807) is 24.3 Å². The summed E-state index contributed by atoms with van der Waals surface area (Å²) < 4.78 is 28.4. The minimum Gasteiger partial charge on any atom is -0.268 e. The van der Waals surface area contributed by atoms with Crippen LogP contribution in [-0.2, 0) is 16.4 Å². The Labute approximate surface area is 155 Å². The van der Waals surface area contributed by atoms with Gasteiger partial charge in [0.2, 0.25) is 0 Å². The quantitative estimate of drug-likeness (QED) is 0.745. The Morgan fingerprint density at radius 1 is 1.07 bits per heavy atom. The number of hydrogen-bond donors (Lipinski definition) is 1. The fraction of sp³-hybridized carbons (Fsp3) is 0.105. The lowest BCUT2D eigenvalue weighted by Gasteiger charge is -2.16. The molecule has 3 aromatic rings. The molecule has 0 unspecified atom stereocenters. The zero-order valence-electron chi connectivity index (χ0n) is 14.1. The van der Waals surface area contributed by atoms with Crippen molar-refractivity contribution in [3.63, 3.8) is 0 Å². The second-order valence-corrected chi connectivity index (χ2v) is 7.89. The van der Waals surface area contributed by atoms with Crippen molar-refractivity contribution in [1.29, 1.82) is 0 Å². The number of fused-ring (bicyclic) bond motifs is 2. The Hall–Kier alpha value is -3.26. The van der Waals surface area contributed by atoms with Crippen LogP contribution in [-0.4, -0.2) is 23.7 Å². The van der Waals surface area contributed by atoms with Crippen molar-refractivity contribution in [3.05, 3.63) is 86.8 Å². The molecule has 2 heterocycles. The number of nitrogens with zero attached hydrogens (tertiary/aromatic N) is 2. The molecule has 1 aromatic carbocycles. The molecule has 136 valence electrons. The molecule has 0 radical (unpaired) electrons. The maximum absolute atomic E-state index is 12.6. The third kappa shape index (κ3) is 3.15. The number of pyridine rings is 1. The predicted octanol–water partition coefficient (Wildman–Crippen LogP) is 1.74. The Balaban J connectivity index is 1.66. The maximum atomic E-state index is 12.6. The van der Waals surface area contributed by atoms with Gasteiger partial charge in [0.25, 0.3) is 21.5 Å². The van der Waals surface area contributed by atoms with Gasteiger partial charge in [-0.05, 0) is 42.2 Å². The highest BCUT2D eigenvalue weighted by Crippen LogP contribution is 2.26. The molecule has 0 bridgehead atoms. The Kier molecular flexibility index (Phi) is 4.12. The van der Waals surface area contributed by atoms with Crippen molar-refractivity contribution >= 4 is 27.7 Å². The van der Waals surface area contributed by atoms with E-state index in [0.717, 1.165) is 17.3 Å². The molecule has 2 aromatic heterocycles. The summed E-state index contributed by atoms with van der Waals surface area (Å²) >= 11 is 0. The fourth-order valence-electron chi connectivity index (χ4n) is 3.04. The highest BCUT2D eigenvalue weighted by atomic mass is 32.2. The van der Waals surface area contributed by atoms with Gasteiger partial charge in [-0.1, -0.05) is 30.3 Å². The van der Waals surface area contributed by atoms with Gasteiger partial charge < -0.3 is 0 Å². The number of carbonyl (C=O) groups excluding carboxylic acids is 1. The van der Waals surface area contributed by atoms with Gasteiger partial charge in [0, 0.05) is 12.4 Å². The van der Waals surface area contributed by atoms with Crippen molar-refractivity contribution in [2.45, 2.75) is 12.8 Å². The molecule has 0 fully saturated rings. The van der Waals surface area contributed by atoms with Gasteiger partial charge in [0.1, 0.15) is 11.2 Å². The van der Waals surface area contributed by atoms with Gasteiger partial charge in [0.05, 0.1) is 4.91 Å². The average molecular weight is 381 g/mol. The number of aryl methyl sites for hydroxylation is 1. The van der Waals surface area contributed by atoms with E-state index in [9.17, 15) is 18.0 Å². The van der Waals surface area contributed by atoms with Crippen molar-refractivity contribution in [2.24, 2.45) is 0 Å². The topological polar surface area (TPSA) is 97.6 Å². The number of sulfonamides is 1. The maximum Gasteiger partial charge on any atom is 0.272 e. The molecule has 27 heavy (non-hydrogen) atoms. The third-order valence-electron chi connectivity index (χ3n) is 4.44. The number of allylic oxidation sites excluding steroid dienone is 1. The summed E-state index contributed by atoms with van der Waals surface area (Å²) in [4.78, 5) is 29.0. The number of rotatable bonds is 3. The molecule has 0 saturated carbocycles. The van der Waals surface area contributed by atoms with Gasteiger partial charge in [-0.3, -0.25) is 14.0 Å². The number of nitrogens with one attached hydrogen (secondary N) is 1. The van der Waals surface area contributed by atoms with E-state index in [1.165, 1.54) is 10.6 Å². The third-order valence-corrected chi connectivity index (χ3v) is 5.91. The minimum absolute atomic E-state index is 0.114. The van der Waals surface area contributed by atoms with Crippen LogP contribution in [0.2, 0.25) is 0 Å². The number of carbonyl (C=O) groups is 1. The second kappa shape index (κ2) is 6.48. The molecule has 4 rings (SSSR count). The first-order chi connectivity index (χ1) is 13.0. The summed E-state index contributed by atoms with van der Waals surface area (Å²) in [6.07, 6.45) is 4.97. The van der Waals surface area contributed by atoms with Gasteiger partial charge in [0.15, 0.2) is 0 Å². The normalized spacial score (nSPS) is 13.7. The molecule has 1 aliphatic rings. The molecular formula is C19H15N3O4S. The van der Waals surface area contributed by atoms with Crippen molar-refractivity contribution in [1.82, 2.24) is 14.1 Å². The number of hydrogen-bond acceptors (Lipinski definition) is 5. The molecule has 8 heteroatoms. The van der Waals surface area contributed by atoms with Crippen LogP contribution < -0.4 is 10.3 Å². The van der Waals surface area contributed by atoms with E-state index in [-0.39, 0.29) is 16.9 Å². The number of benzene rings is 1. The summed E-state index contributed by atoms with van der Waals surface area (Å²) in [6, 6.07) is 12.4. The van der Waals surface area contributed by atoms with Crippen LogP contribution in [0.25, 0.3) is 11.7 Å². The van der Waals surface area contributed by atoms with E-state index in [0.29, 0.717) is 12.1 Å². The van der Waals surface area contributed by atoms with Crippen molar-refractivity contribution < 1.29 is 13.2 Å². The monoisotopic (exact) mass is 381 g/mol. The lowest BCUT2D eigenvalue weighted by Crippen LogP contribution is -2.36. The van der Waals surface area contributed by atoms with Gasteiger partial charge in [-0.2, -0.15) is 0 Å². The fourth-order valence-corrected chi connectivity index (χ4v) is 4.18. The van der Waals surface area contributed by atoms with E-state index in [1.807, 2.05) is 29.0 Å². The largest absolute Gasteiger partial charge is 0.272 e. The lowest BCUT2D eigenvalue weighted by atomic mass is 9.98. The molecule has 0 aliphatic heterocycles. The first-order valence-electron chi connectivity index (χ1n) is 8.28. The molecule has 1 N–H and O–H groups in total. The predicted molar refractivity (Wildman–Crippen MR) is 101 cm³/mol. The summed E-state index contributed by atoms with van der Waals surface area (Å²) in [5.74, 6) is -0.995. The molecular weight excluding hydrogens is 366 g/mol. The van der Waals surface area contributed by atoms with Crippen LogP contribution in [0.1, 0.15) is 27.9 Å². The highest BCUT2D eigenvalue weighted by molar-refractivity contribution is 7.94. The first kappa shape index (κ1) is 17.2. The lowest BCUT2D eigenvalue weighted by molar-refractivity contribution is 0.0979. The van der Waals surface area contributed by atoms with Crippen molar-refractivity contribution in [2.75, 3.05) is 0 Å². The van der Waals surface area contributed by atoms with E-state index < -0.39 is 21.5 Å². The number of amides is 1. The van der Waals surface area contributed by atoms with Crippen LogP contribution in [0.4, 0.5) is 0 Å². The average Bonchev–Trinajstić information content (AvgIpc) is 2.67. The van der Waals surface area contributed by atoms with Crippen LogP contribution >= 0.6 is 0 Å². The standard InChI is InChI=1S/C19H15N3O4S/c23-18(16-12-20-17-7-3-4-10-22(17)19(16)24)21-27(25,26)15-9-8-13-5-1-2-6-14(13)11-15/h1-7,10-12H,8-9H2,(H,21,23). The summed E-state index contributed by atoms with van der Waals surface area (Å²) in [6.45, 7) is 0. The summed E-state index contributed by atoms with van der Waals surface area (Å²) in [5, 5.41) is 0. The smallest absolute Gasteiger partial charge is 0.268 e. The molecule has 1 aliphatic carbocycles. The van der Waals surface area contributed by atoms with E-state index in [4.69, 9.17) is 0 Å². The van der Waals surface area contributed by atoms with Crippen molar-refractivity contribution in [3.8, 4) is 0 Å². The van der Waals surface area contributed by atoms with Crippen LogP contribution in [0.15, 0.2) is 64.6 Å². The van der Waals surface area contributed by atoms with Gasteiger partial charge >= 0.3 is 0 Å². The van der Waals surface area contributed by atoms with Crippen LogP contribution in [0.3, 0.4) is 0 Å². The Morgan fingerprint density at radius 3 is 2.70 bits per heavy atom. The van der Waals surface area contributed by atoms with Gasteiger partial charge in [-0.15, -0.1) is 0 Å². The Morgan fingerprint density at radius 2 is 1.85 bits per heavy atom. The molecule has 0 spiro atoms. The zero-order chi connectivity index (χ0) is 19.0. The molecule has 0 atom stereocenters. The van der Waals surface area contributed by atoms with E-state index in [2.05, 4.69) is 4.98 Å². The molecule has 7 nitrogen and oxygen atoms in total. The van der Waals surface area contributed by atoms with Crippen LogP contribution in [0.5, 0.6) is 0 Å². The summed E-state index contributed by atoms with van der Waals surface area (Å²) in [5.41, 5.74) is 1.27. The Bertz CT molecular complexity index is 1260. The molecule has 1 amide bonds. The number of aromatic nitrogens is 2. The van der Waals surface area contributed by atoms with Gasteiger partial charge in [-0.25, -0.2) is 18.1 Å². The minimum atomic E-state index is -4.06. The zero-order valence-corrected chi connectivity index (χ0v) is 14.9. The first-order valence-corrected chi connectivity index (χ1v) is 9.76. The highest BCUT2D eigenvalue weighted by Gasteiger charge is 2.25. The second-order valence-electron chi connectivity index (χ2n) is 6.15. The van der Waals surface area contributed by atoms with E-state index >= 15 is 0 Å². The van der Waals surface area contributed by atoms with Crippen LogP contribution in [0, 0.1) is 0 Å². The molecule has 0 saturated heterocycles. The SMILES string of the molecule is O=C(NS(=O)(=O)C1=Cc2ccccc2CC1)c1cnc2ccccn2c1=O. The summed E-state index contributed by atoms with van der Waals surface area (Å²) in [7, 11) is -4.06.